The van der Waals surface area contributed by atoms with Crippen molar-refractivity contribution in [1.29, 1.82) is 0 Å². The molecule has 118 valence electrons. The summed E-state index contributed by atoms with van der Waals surface area (Å²) < 4.78 is 13.0. The molecule has 3 aromatic rings. The third kappa shape index (κ3) is 3.97. The highest BCUT2D eigenvalue weighted by molar-refractivity contribution is 5.40. The van der Waals surface area contributed by atoms with Gasteiger partial charge >= 0.3 is 0 Å². The molecule has 5 heteroatoms. The number of nitrogens with zero attached hydrogens (tertiary/aromatic N) is 1. The average molecular weight is 311 g/mol. The summed E-state index contributed by atoms with van der Waals surface area (Å²) in [6.07, 6.45) is 3.96. The van der Waals surface area contributed by atoms with E-state index in [1.807, 2.05) is 53.4 Å². The van der Waals surface area contributed by atoms with Crippen molar-refractivity contribution in [3.63, 3.8) is 0 Å². The Morgan fingerprint density at radius 2 is 1.30 bits per heavy atom. The van der Waals surface area contributed by atoms with E-state index in [1.54, 1.807) is 0 Å². The Bertz CT molecular complexity index is 731. The monoisotopic (exact) mass is 311 g/mol. The lowest BCUT2D eigenvalue weighted by atomic mass is 10.3. The van der Waals surface area contributed by atoms with E-state index >= 15 is 0 Å². The van der Waals surface area contributed by atoms with Gasteiger partial charge < -0.3 is 24.3 Å². The SMILES string of the molecule is Oc1cc(O)cc(OCCOc2ccc(-n3cccc3)cc2)c1. The van der Waals surface area contributed by atoms with Crippen LogP contribution in [-0.4, -0.2) is 28.0 Å². The summed E-state index contributed by atoms with van der Waals surface area (Å²) in [4.78, 5) is 0. The molecule has 2 aromatic carbocycles. The van der Waals surface area contributed by atoms with E-state index in [0.29, 0.717) is 19.0 Å². The summed E-state index contributed by atoms with van der Waals surface area (Å²) in [5.74, 6) is 1.07. The molecule has 3 rings (SSSR count). The van der Waals surface area contributed by atoms with E-state index in [9.17, 15) is 10.2 Å². The van der Waals surface area contributed by atoms with Crippen LogP contribution in [0.3, 0.4) is 0 Å². The zero-order valence-corrected chi connectivity index (χ0v) is 12.4. The minimum atomic E-state index is -0.0403. The largest absolute Gasteiger partial charge is 0.508 e. The number of ether oxygens (including phenoxy) is 2. The van der Waals surface area contributed by atoms with Crippen molar-refractivity contribution in [2.24, 2.45) is 0 Å². The van der Waals surface area contributed by atoms with E-state index in [1.165, 1.54) is 18.2 Å². The van der Waals surface area contributed by atoms with Crippen molar-refractivity contribution in [3.05, 3.63) is 67.0 Å². The standard InChI is InChI=1S/C18H17NO4/c20-15-11-16(21)13-18(12-15)23-10-9-22-17-5-3-14(4-6-17)19-7-1-2-8-19/h1-8,11-13,20-21H,9-10H2. The summed E-state index contributed by atoms with van der Waals surface area (Å²) in [5, 5.41) is 18.7. The van der Waals surface area contributed by atoms with Gasteiger partial charge in [0, 0.05) is 36.3 Å². The van der Waals surface area contributed by atoms with E-state index in [2.05, 4.69) is 0 Å². The number of phenolic OH excluding ortho intramolecular Hbond substituents is 2. The van der Waals surface area contributed by atoms with Crippen LogP contribution in [0.1, 0.15) is 0 Å². The molecule has 0 spiro atoms. The van der Waals surface area contributed by atoms with Gasteiger partial charge in [0.15, 0.2) is 0 Å². The van der Waals surface area contributed by atoms with Crippen LogP contribution in [0.15, 0.2) is 67.0 Å². The van der Waals surface area contributed by atoms with Gasteiger partial charge in [-0.15, -0.1) is 0 Å². The Morgan fingerprint density at radius 1 is 0.739 bits per heavy atom. The van der Waals surface area contributed by atoms with Crippen molar-refractivity contribution < 1.29 is 19.7 Å². The molecular weight excluding hydrogens is 294 g/mol. The Balaban J connectivity index is 1.49. The molecule has 0 atom stereocenters. The molecule has 1 heterocycles. The second kappa shape index (κ2) is 6.79. The van der Waals surface area contributed by atoms with E-state index in [-0.39, 0.29) is 11.5 Å². The van der Waals surface area contributed by atoms with Crippen molar-refractivity contribution in [3.8, 4) is 28.7 Å². The zero-order valence-electron chi connectivity index (χ0n) is 12.4. The lowest BCUT2D eigenvalue weighted by Crippen LogP contribution is -2.09. The minimum Gasteiger partial charge on any atom is -0.508 e. The summed E-state index contributed by atoms with van der Waals surface area (Å²) in [5.41, 5.74) is 1.06. The molecule has 0 saturated heterocycles. The Kier molecular flexibility index (Phi) is 4.38. The first-order chi connectivity index (χ1) is 11.2. The minimum absolute atomic E-state index is 0.0403. The van der Waals surface area contributed by atoms with Gasteiger partial charge in [-0.2, -0.15) is 0 Å². The van der Waals surface area contributed by atoms with Crippen LogP contribution in [0.2, 0.25) is 0 Å². The van der Waals surface area contributed by atoms with Crippen molar-refractivity contribution in [2.75, 3.05) is 13.2 Å². The maximum Gasteiger partial charge on any atom is 0.126 e. The lowest BCUT2D eigenvalue weighted by Gasteiger charge is -2.10. The first-order valence-electron chi connectivity index (χ1n) is 7.23. The number of benzene rings is 2. The average Bonchev–Trinajstić information content (AvgIpc) is 3.06. The second-order valence-electron chi connectivity index (χ2n) is 4.97. The summed E-state index contributed by atoms with van der Waals surface area (Å²) in [6, 6.07) is 15.8. The highest BCUT2D eigenvalue weighted by atomic mass is 16.5. The van der Waals surface area contributed by atoms with E-state index in [0.717, 1.165) is 11.4 Å². The fourth-order valence-corrected chi connectivity index (χ4v) is 2.19. The zero-order chi connectivity index (χ0) is 16.1. The number of aromatic nitrogens is 1. The predicted molar refractivity (Wildman–Crippen MR) is 86.5 cm³/mol. The molecule has 0 radical (unpaired) electrons. The van der Waals surface area contributed by atoms with Gasteiger partial charge in [-0.3, -0.25) is 0 Å². The fourth-order valence-electron chi connectivity index (χ4n) is 2.19. The highest BCUT2D eigenvalue weighted by Gasteiger charge is 2.01. The molecule has 23 heavy (non-hydrogen) atoms. The van der Waals surface area contributed by atoms with Gasteiger partial charge in [-0.25, -0.2) is 0 Å². The van der Waals surface area contributed by atoms with Crippen LogP contribution in [-0.2, 0) is 0 Å². The van der Waals surface area contributed by atoms with Crippen molar-refractivity contribution in [2.45, 2.75) is 0 Å². The van der Waals surface area contributed by atoms with Crippen LogP contribution < -0.4 is 9.47 Å². The molecule has 0 aliphatic rings. The summed E-state index contributed by atoms with van der Waals surface area (Å²) >= 11 is 0. The van der Waals surface area contributed by atoms with Gasteiger partial charge in [0.1, 0.15) is 36.2 Å². The van der Waals surface area contributed by atoms with Gasteiger partial charge in [-0.05, 0) is 36.4 Å². The lowest BCUT2D eigenvalue weighted by molar-refractivity contribution is 0.216. The van der Waals surface area contributed by atoms with Crippen molar-refractivity contribution in [1.82, 2.24) is 4.57 Å². The summed E-state index contributed by atoms with van der Waals surface area (Å²) in [7, 11) is 0. The Morgan fingerprint density at radius 3 is 1.91 bits per heavy atom. The summed E-state index contributed by atoms with van der Waals surface area (Å²) in [6.45, 7) is 0.668. The fraction of sp³-hybridized carbons (Fsp3) is 0.111. The normalized spacial score (nSPS) is 10.4. The molecule has 0 unspecified atom stereocenters. The number of aromatic hydroxyl groups is 2. The quantitative estimate of drug-likeness (QED) is 0.685. The van der Waals surface area contributed by atoms with Gasteiger partial charge in [-0.1, -0.05) is 0 Å². The maximum absolute atomic E-state index is 9.36. The topological polar surface area (TPSA) is 63.9 Å². The number of hydrogen-bond acceptors (Lipinski definition) is 4. The molecule has 0 saturated carbocycles. The van der Waals surface area contributed by atoms with Crippen molar-refractivity contribution >= 4 is 0 Å². The molecule has 0 bridgehead atoms. The van der Waals surface area contributed by atoms with Crippen LogP contribution in [0.5, 0.6) is 23.0 Å². The molecular formula is C18H17NO4. The van der Waals surface area contributed by atoms with Crippen LogP contribution >= 0.6 is 0 Å². The molecule has 0 fully saturated rings. The number of phenols is 2. The second-order valence-corrected chi connectivity index (χ2v) is 4.97. The molecule has 1 aromatic heterocycles. The Hall–Kier alpha value is -3.08. The molecule has 0 aliphatic heterocycles. The molecule has 0 amide bonds. The first-order valence-corrected chi connectivity index (χ1v) is 7.23. The maximum atomic E-state index is 9.36. The van der Waals surface area contributed by atoms with Gasteiger partial charge in [0.2, 0.25) is 0 Å². The van der Waals surface area contributed by atoms with Gasteiger partial charge in [0.25, 0.3) is 0 Å². The third-order valence-corrected chi connectivity index (χ3v) is 3.24. The van der Waals surface area contributed by atoms with Gasteiger partial charge in [0.05, 0.1) is 0 Å². The Labute approximate surface area is 134 Å². The molecule has 5 nitrogen and oxygen atoms in total. The predicted octanol–water partition coefficient (Wildman–Crippen LogP) is 3.35. The third-order valence-electron chi connectivity index (χ3n) is 3.24. The highest BCUT2D eigenvalue weighted by Crippen LogP contribution is 2.25. The number of hydrogen-bond donors (Lipinski definition) is 2. The van der Waals surface area contributed by atoms with Crippen LogP contribution in [0, 0.1) is 0 Å². The number of rotatable bonds is 6. The first kappa shape index (κ1) is 14.8. The van der Waals surface area contributed by atoms with E-state index < -0.39 is 0 Å². The smallest absolute Gasteiger partial charge is 0.126 e. The van der Waals surface area contributed by atoms with Crippen LogP contribution in [0.4, 0.5) is 0 Å². The van der Waals surface area contributed by atoms with Crippen LogP contribution in [0.25, 0.3) is 5.69 Å². The van der Waals surface area contributed by atoms with E-state index in [4.69, 9.17) is 9.47 Å². The molecule has 2 N–H and O–H groups in total. The molecule has 0 aliphatic carbocycles.